The number of rotatable bonds is 4. The molecule has 4 heteroatoms. The van der Waals surface area contributed by atoms with Crippen LogP contribution in [0.1, 0.15) is 28.5 Å². The van der Waals surface area contributed by atoms with Gasteiger partial charge < -0.3 is 10.2 Å². The van der Waals surface area contributed by atoms with Gasteiger partial charge in [-0.05, 0) is 45.0 Å². The third-order valence-corrected chi connectivity index (χ3v) is 4.36. The van der Waals surface area contributed by atoms with E-state index in [1.54, 1.807) is 11.3 Å². The Labute approximate surface area is 119 Å². The average molecular weight is 275 g/mol. The molecule has 0 saturated carbocycles. The molecule has 0 amide bonds. The molecule has 0 bridgehead atoms. The predicted octanol–water partition coefficient (Wildman–Crippen LogP) is 4.00. The highest BCUT2D eigenvalue weighted by atomic mass is 32.1. The fourth-order valence-corrected chi connectivity index (χ4v) is 3.05. The molecule has 1 N–H and O–H groups in total. The van der Waals surface area contributed by atoms with Crippen LogP contribution < -0.4 is 10.2 Å². The second-order valence-electron chi connectivity index (χ2n) is 4.99. The third kappa shape index (κ3) is 3.26. The zero-order valence-electron chi connectivity index (χ0n) is 12.2. The van der Waals surface area contributed by atoms with Crippen LogP contribution in [0.4, 0.5) is 11.4 Å². The van der Waals surface area contributed by atoms with Gasteiger partial charge in [0.25, 0.3) is 0 Å². The van der Waals surface area contributed by atoms with Crippen molar-refractivity contribution in [2.45, 2.75) is 26.8 Å². The molecule has 0 fully saturated rings. The SMILES string of the molecule is Cc1nc(C)c(C(C)Nc2ccc(N(C)C)cc2)s1. The Morgan fingerprint density at radius 1 is 1.16 bits per heavy atom. The highest BCUT2D eigenvalue weighted by Gasteiger charge is 2.12. The molecule has 1 aromatic carbocycles. The lowest BCUT2D eigenvalue weighted by Gasteiger charge is -2.16. The van der Waals surface area contributed by atoms with Crippen molar-refractivity contribution >= 4 is 22.7 Å². The van der Waals surface area contributed by atoms with E-state index >= 15 is 0 Å². The van der Waals surface area contributed by atoms with Crippen molar-refractivity contribution in [3.05, 3.63) is 39.8 Å². The maximum atomic E-state index is 4.48. The highest BCUT2D eigenvalue weighted by Crippen LogP contribution is 2.28. The molecule has 2 aromatic rings. The van der Waals surface area contributed by atoms with Gasteiger partial charge >= 0.3 is 0 Å². The molecule has 0 aliphatic heterocycles. The smallest absolute Gasteiger partial charge is 0.0900 e. The van der Waals surface area contributed by atoms with Crippen molar-refractivity contribution < 1.29 is 0 Å². The molecule has 0 saturated heterocycles. The first-order chi connectivity index (χ1) is 8.97. The lowest BCUT2D eigenvalue weighted by Crippen LogP contribution is -2.09. The zero-order valence-corrected chi connectivity index (χ0v) is 13.0. The van der Waals surface area contributed by atoms with E-state index in [1.165, 1.54) is 10.6 Å². The number of nitrogens with one attached hydrogen (secondary N) is 1. The molecule has 102 valence electrons. The van der Waals surface area contributed by atoms with E-state index < -0.39 is 0 Å². The Kier molecular flexibility index (Phi) is 4.10. The van der Waals surface area contributed by atoms with Gasteiger partial charge in [-0.2, -0.15) is 0 Å². The summed E-state index contributed by atoms with van der Waals surface area (Å²) in [6, 6.07) is 8.78. The van der Waals surface area contributed by atoms with Crippen LogP contribution in [0.25, 0.3) is 0 Å². The largest absolute Gasteiger partial charge is 0.378 e. The van der Waals surface area contributed by atoms with Crippen LogP contribution in [-0.4, -0.2) is 19.1 Å². The lowest BCUT2D eigenvalue weighted by molar-refractivity contribution is 0.890. The summed E-state index contributed by atoms with van der Waals surface area (Å²) in [7, 11) is 4.10. The van der Waals surface area contributed by atoms with Gasteiger partial charge in [-0.1, -0.05) is 0 Å². The van der Waals surface area contributed by atoms with Crippen molar-refractivity contribution in [3.63, 3.8) is 0 Å². The Balaban J connectivity index is 2.10. The highest BCUT2D eigenvalue weighted by molar-refractivity contribution is 7.11. The number of aryl methyl sites for hydroxylation is 2. The molecule has 0 aliphatic carbocycles. The van der Waals surface area contributed by atoms with Gasteiger partial charge in [-0.3, -0.25) is 0 Å². The van der Waals surface area contributed by atoms with Crippen LogP contribution in [0.15, 0.2) is 24.3 Å². The Morgan fingerprint density at radius 2 is 1.79 bits per heavy atom. The van der Waals surface area contributed by atoms with Gasteiger partial charge in [0.2, 0.25) is 0 Å². The summed E-state index contributed by atoms with van der Waals surface area (Å²) in [5.41, 5.74) is 3.49. The Bertz CT molecular complexity index is 543. The number of hydrogen-bond acceptors (Lipinski definition) is 4. The molecule has 1 aromatic heterocycles. The molecule has 1 unspecified atom stereocenters. The number of thiazole rings is 1. The molecule has 19 heavy (non-hydrogen) atoms. The topological polar surface area (TPSA) is 28.2 Å². The number of benzene rings is 1. The molecule has 0 aliphatic rings. The zero-order chi connectivity index (χ0) is 14.0. The van der Waals surface area contributed by atoms with Gasteiger partial charge in [0.1, 0.15) is 0 Å². The number of anilines is 2. The summed E-state index contributed by atoms with van der Waals surface area (Å²) in [4.78, 5) is 7.90. The molecule has 2 rings (SSSR count). The monoisotopic (exact) mass is 275 g/mol. The third-order valence-electron chi connectivity index (χ3n) is 3.10. The van der Waals surface area contributed by atoms with Gasteiger partial charge in [-0.25, -0.2) is 4.98 Å². The summed E-state index contributed by atoms with van der Waals surface area (Å²) < 4.78 is 0. The second-order valence-corrected chi connectivity index (χ2v) is 6.22. The van der Waals surface area contributed by atoms with E-state index in [2.05, 4.69) is 74.3 Å². The maximum absolute atomic E-state index is 4.48. The van der Waals surface area contributed by atoms with Crippen LogP contribution >= 0.6 is 11.3 Å². The lowest BCUT2D eigenvalue weighted by atomic mass is 10.2. The number of nitrogens with zero attached hydrogens (tertiary/aromatic N) is 2. The van der Waals surface area contributed by atoms with E-state index in [1.807, 2.05) is 0 Å². The van der Waals surface area contributed by atoms with Crippen LogP contribution in [0.3, 0.4) is 0 Å². The minimum Gasteiger partial charge on any atom is -0.378 e. The van der Waals surface area contributed by atoms with E-state index in [0.29, 0.717) is 0 Å². The number of hydrogen-bond donors (Lipinski definition) is 1. The first-order valence-corrected chi connectivity index (χ1v) is 7.27. The van der Waals surface area contributed by atoms with E-state index in [4.69, 9.17) is 0 Å². The van der Waals surface area contributed by atoms with Gasteiger partial charge in [0.15, 0.2) is 0 Å². The summed E-state index contributed by atoms with van der Waals surface area (Å²) in [5.74, 6) is 0. The first-order valence-electron chi connectivity index (χ1n) is 6.45. The fraction of sp³-hybridized carbons (Fsp3) is 0.400. The van der Waals surface area contributed by atoms with Crippen molar-refractivity contribution in [1.82, 2.24) is 4.98 Å². The normalized spacial score (nSPS) is 12.3. The summed E-state index contributed by atoms with van der Waals surface area (Å²) >= 11 is 1.77. The first kappa shape index (κ1) is 13.9. The van der Waals surface area contributed by atoms with Crippen molar-refractivity contribution in [3.8, 4) is 0 Å². The molecule has 1 heterocycles. The molecule has 3 nitrogen and oxygen atoms in total. The van der Waals surface area contributed by atoms with Crippen molar-refractivity contribution in [2.24, 2.45) is 0 Å². The Morgan fingerprint density at radius 3 is 2.26 bits per heavy atom. The molecular weight excluding hydrogens is 254 g/mol. The van der Waals surface area contributed by atoms with Gasteiger partial charge in [-0.15, -0.1) is 11.3 Å². The van der Waals surface area contributed by atoms with Crippen LogP contribution in [0.5, 0.6) is 0 Å². The fourth-order valence-electron chi connectivity index (χ4n) is 2.12. The maximum Gasteiger partial charge on any atom is 0.0900 e. The second kappa shape index (κ2) is 5.61. The molecule has 0 radical (unpaired) electrons. The Hall–Kier alpha value is -1.55. The number of aromatic nitrogens is 1. The summed E-state index contributed by atoms with van der Waals surface area (Å²) in [6.07, 6.45) is 0. The van der Waals surface area contributed by atoms with E-state index in [0.717, 1.165) is 16.4 Å². The van der Waals surface area contributed by atoms with Crippen molar-refractivity contribution in [1.29, 1.82) is 0 Å². The van der Waals surface area contributed by atoms with E-state index in [-0.39, 0.29) is 6.04 Å². The molecule has 1 atom stereocenters. The summed E-state index contributed by atoms with van der Waals surface area (Å²) in [5, 5.41) is 4.66. The van der Waals surface area contributed by atoms with Crippen LogP contribution in [0.2, 0.25) is 0 Å². The van der Waals surface area contributed by atoms with Gasteiger partial charge in [0, 0.05) is 30.3 Å². The molecule has 0 spiro atoms. The predicted molar refractivity (Wildman–Crippen MR) is 84.4 cm³/mol. The minimum atomic E-state index is 0.288. The average Bonchev–Trinajstić information content (AvgIpc) is 2.69. The van der Waals surface area contributed by atoms with Gasteiger partial charge in [0.05, 0.1) is 16.7 Å². The molecular formula is C15H21N3S. The van der Waals surface area contributed by atoms with Crippen LogP contribution in [0, 0.1) is 13.8 Å². The van der Waals surface area contributed by atoms with E-state index in [9.17, 15) is 0 Å². The quantitative estimate of drug-likeness (QED) is 0.914. The minimum absolute atomic E-state index is 0.288. The summed E-state index contributed by atoms with van der Waals surface area (Å²) in [6.45, 7) is 6.31. The van der Waals surface area contributed by atoms with Crippen molar-refractivity contribution in [2.75, 3.05) is 24.3 Å². The standard InChI is InChI=1S/C15H21N3S/c1-10-15(19-12(3)16-10)11(2)17-13-6-8-14(9-7-13)18(4)5/h6-9,11,17H,1-5H3. The van der Waals surface area contributed by atoms with Crippen LogP contribution in [-0.2, 0) is 0 Å².